The van der Waals surface area contributed by atoms with Crippen LogP contribution in [-0.2, 0) is 15.9 Å². The van der Waals surface area contributed by atoms with Gasteiger partial charge >= 0.3 is 0 Å². The van der Waals surface area contributed by atoms with Gasteiger partial charge in [0.15, 0.2) is 0 Å². The fourth-order valence-electron chi connectivity index (χ4n) is 5.37. The number of fused-ring (bicyclic) bond motifs is 3. The summed E-state index contributed by atoms with van der Waals surface area (Å²) in [6, 6.07) is 2.77. The number of nitrogens with zero attached hydrogens (tertiary/aromatic N) is 2. The Labute approximate surface area is 189 Å². The van der Waals surface area contributed by atoms with Crippen LogP contribution < -0.4 is 4.74 Å². The molecular weight excluding hydrogens is 408 g/mol. The fourth-order valence-corrected chi connectivity index (χ4v) is 6.63. The maximum Gasteiger partial charge on any atom is 0.131 e. The van der Waals surface area contributed by atoms with Gasteiger partial charge in [0.05, 0.1) is 31.3 Å². The summed E-state index contributed by atoms with van der Waals surface area (Å²) in [6.45, 7) is 7.01. The minimum absolute atomic E-state index is 0.300. The largest absolute Gasteiger partial charge is 0.490 e. The molecule has 0 unspecified atom stereocenters. The molecule has 0 N–H and O–H groups in total. The highest BCUT2D eigenvalue weighted by molar-refractivity contribution is 7.19. The molecule has 1 atom stereocenters. The normalized spacial score (nSPS) is 26.4. The number of hydrogen-bond acceptors (Lipinski definition) is 6. The van der Waals surface area contributed by atoms with E-state index in [1.165, 1.54) is 28.7 Å². The second-order valence-electron chi connectivity index (χ2n) is 8.80. The first kappa shape index (κ1) is 21.2. The van der Waals surface area contributed by atoms with Crippen LogP contribution in [0.3, 0.4) is 0 Å². The summed E-state index contributed by atoms with van der Waals surface area (Å²) in [6.07, 6.45) is 9.16. The van der Waals surface area contributed by atoms with Gasteiger partial charge in [0.1, 0.15) is 17.2 Å². The predicted molar refractivity (Wildman–Crippen MR) is 124 cm³/mol. The molecule has 0 amide bonds. The summed E-state index contributed by atoms with van der Waals surface area (Å²) < 4.78 is 18.0. The quantitative estimate of drug-likeness (QED) is 0.492. The van der Waals surface area contributed by atoms with Crippen molar-refractivity contribution in [1.29, 1.82) is 0 Å². The van der Waals surface area contributed by atoms with Crippen molar-refractivity contribution in [2.75, 3.05) is 39.5 Å². The Morgan fingerprint density at radius 1 is 1.19 bits per heavy atom. The smallest absolute Gasteiger partial charge is 0.131 e. The molecule has 31 heavy (non-hydrogen) atoms. The van der Waals surface area contributed by atoms with Gasteiger partial charge < -0.3 is 14.2 Å². The SMILES string of the molecule is CC#CCOC[C@H]1CCc2sc3nccc(OC4CCC(N5CCOCC5)CC4)c3c21. The molecule has 0 spiro atoms. The highest BCUT2D eigenvalue weighted by atomic mass is 32.1. The minimum Gasteiger partial charge on any atom is -0.490 e. The van der Waals surface area contributed by atoms with E-state index in [0.29, 0.717) is 24.7 Å². The molecular formula is C25H32N2O3S. The Hall–Kier alpha value is -1.65. The Morgan fingerprint density at radius 3 is 2.84 bits per heavy atom. The highest BCUT2D eigenvalue weighted by Gasteiger charge is 2.32. The van der Waals surface area contributed by atoms with Crippen LogP contribution in [-0.4, -0.2) is 61.5 Å². The summed E-state index contributed by atoms with van der Waals surface area (Å²) in [5.41, 5.74) is 1.43. The summed E-state index contributed by atoms with van der Waals surface area (Å²) in [5.74, 6) is 7.35. The molecule has 1 aliphatic heterocycles. The Balaban J connectivity index is 1.28. The Bertz CT molecular complexity index is 949. The molecule has 2 aliphatic carbocycles. The Kier molecular flexibility index (Phi) is 6.75. The van der Waals surface area contributed by atoms with Gasteiger partial charge in [-0.1, -0.05) is 5.92 Å². The number of morpholine rings is 1. The van der Waals surface area contributed by atoms with Gasteiger partial charge in [-0.2, -0.15) is 0 Å². The van der Waals surface area contributed by atoms with Crippen LogP contribution in [0.15, 0.2) is 12.3 Å². The molecule has 3 heterocycles. The maximum atomic E-state index is 6.64. The molecule has 2 aromatic heterocycles. The van der Waals surface area contributed by atoms with E-state index in [1.807, 2.05) is 24.5 Å². The molecule has 6 heteroatoms. The summed E-state index contributed by atoms with van der Waals surface area (Å²) in [7, 11) is 0. The zero-order chi connectivity index (χ0) is 21.0. The van der Waals surface area contributed by atoms with Crippen molar-refractivity contribution < 1.29 is 14.2 Å². The van der Waals surface area contributed by atoms with Crippen LogP contribution in [0, 0.1) is 11.8 Å². The van der Waals surface area contributed by atoms with Crippen LogP contribution in [0.5, 0.6) is 5.75 Å². The predicted octanol–water partition coefficient (Wildman–Crippen LogP) is 4.39. The zero-order valence-electron chi connectivity index (χ0n) is 18.4. The second-order valence-corrected chi connectivity index (χ2v) is 9.89. The van der Waals surface area contributed by atoms with E-state index in [9.17, 15) is 0 Å². The van der Waals surface area contributed by atoms with E-state index in [2.05, 4.69) is 27.8 Å². The van der Waals surface area contributed by atoms with Gasteiger partial charge in [-0.15, -0.1) is 17.3 Å². The number of pyridine rings is 1. The molecule has 5 rings (SSSR count). The van der Waals surface area contributed by atoms with Gasteiger partial charge in [-0.05, 0) is 57.1 Å². The number of ether oxygens (including phenoxy) is 3. The maximum absolute atomic E-state index is 6.64. The third-order valence-corrected chi connectivity index (χ3v) is 8.14. The lowest BCUT2D eigenvalue weighted by Gasteiger charge is -2.38. The Morgan fingerprint density at radius 2 is 2.03 bits per heavy atom. The van der Waals surface area contributed by atoms with E-state index in [1.54, 1.807) is 0 Å². The zero-order valence-corrected chi connectivity index (χ0v) is 19.2. The first-order chi connectivity index (χ1) is 15.3. The van der Waals surface area contributed by atoms with Crippen molar-refractivity contribution in [2.45, 2.75) is 63.5 Å². The van der Waals surface area contributed by atoms with Crippen LogP contribution >= 0.6 is 11.3 Å². The number of rotatable bonds is 6. The topological polar surface area (TPSA) is 43.8 Å². The first-order valence-corrected chi connectivity index (χ1v) is 12.5. The van der Waals surface area contributed by atoms with E-state index in [4.69, 9.17) is 14.2 Å². The average molecular weight is 441 g/mol. The number of hydrogen-bond donors (Lipinski definition) is 0. The van der Waals surface area contributed by atoms with Crippen molar-refractivity contribution in [3.05, 3.63) is 22.7 Å². The third-order valence-electron chi connectivity index (χ3n) is 6.97. The molecule has 1 saturated carbocycles. The fraction of sp³-hybridized carbons (Fsp3) is 0.640. The van der Waals surface area contributed by atoms with Gasteiger partial charge in [-0.3, -0.25) is 4.90 Å². The molecule has 166 valence electrons. The van der Waals surface area contributed by atoms with Crippen LogP contribution in [0.4, 0.5) is 0 Å². The summed E-state index contributed by atoms with van der Waals surface area (Å²) >= 11 is 1.84. The molecule has 0 aromatic carbocycles. The molecule has 2 aromatic rings. The van der Waals surface area contributed by atoms with Crippen molar-refractivity contribution in [2.24, 2.45) is 0 Å². The lowest BCUT2D eigenvalue weighted by Crippen LogP contribution is -2.46. The molecule has 1 saturated heterocycles. The van der Waals surface area contributed by atoms with Crippen molar-refractivity contribution in [3.8, 4) is 17.6 Å². The molecule has 2 fully saturated rings. The van der Waals surface area contributed by atoms with E-state index in [-0.39, 0.29) is 0 Å². The van der Waals surface area contributed by atoms with E-state index < -0.39 is 0 Å². The molecule has 3 aliphatic rings. The van der Waals surface area contributed by atoms with Crippen LogP contribution in [0.2, 0.25) is 0 Å². The number of aryl methyl sites for hydroxylation is 1. The van der Waals surface area contributed by atoms with E-state index in [0.717, 1.165) is 69.2 Å². The summed E-state index contributed by atoms with van der Waals surface area (Å²) in [5, 5.41) is 1.24. The van der Waals surface area contributed by atoms with Crippen molar-refractivity contribution in [1.82, 2.24) is 9.88 Å². The van der Waals surface area contributed by atoms with Gasteiger partial charge in [0.2, 0.25) is 0 Å². The molecule has 0 radical (unpaired) electrons. The lowest BCUT2D eigenvalue weighted by atomic mass is 9.91. The monoisotopic (exact) mass is 440 g/mol. The van der Waals surface area contributed by atoms with E-state index >= 15 is 0 Å². The van der Waals surface area contributed by atoms with Gasteiger partial charge in [0.25, 0.3) is 0 Å². The van der Waals surface area contributed by atoms with Crippen LogP contribution in [0.1, 0.15) is 55.4 Å². The van der Waals surface area contributed by atoms with Crippen molar-refractivity contribution >= 4 is 21.6 Å². The third kappa shape index (κ3) is 4.61. The lowest BCUT2D eigenvalue weighted by molar-refractivity contribution is -0.000920. The number of thiophene rings is 1. The van der Waals surface area contributed by atoms with Crippen molar-refractivity contribution in [3.63, 3.8) is 0 Å². The minimum atomic E-state index is 0.300. The first-order valence-electron chi connectivity index (χ1n) is 11.7. The molecule has 5 nitrogen and oxygen atoms in total. The standard InChI is InChI=1S/C25H32N2O3S/c1-2-3-14-29-17-18-4-9-22-23(18)24-21(10-11-26-25(24)31-22)30-20-7-5-19(6-8-20)27-12-15-28-16-13-27/h10-11,18-20H,4-9,12-17H2,1H3/t18-,19?,20?/m1/s1. The summed E-state index contributed by atoms with van der Waals surface area (Å²) in [4.78, 5) is 9.86. The van der Waals surface area contributed by atoms with Gasteiger partial charge in [0, 0.05) is 36.1 Å². The second kappa shape index (κ2) is 9.87. The highest BCUT2D eigenvalue weighted by Crippen LogP contribution is 2.47. The number of aromatic nitrogens is 1. The molecule has 0 bridgehead atoms. The van der Waals surface area contributed by atoms with Crippen LogP contribution in [0.25, 0.3) is 10.2 Å². The van der Waals surface area contributed by atoms with Gasteiger partial charge in [-0.25, -0.2) is 4.98 Å². The average Bonchev–Trinajstić information content (AvgIpc) is 3.38.